The van der Waals surface area contributed by atoms with Crippen molar-refractivity contribution in [3.63, 3.8) is 0 Å². The van der Waals surface area contributed by atoms with Gasteiger partial charge in [0.1, 0.15) is 11.6 Å². The molecule has 2 aromatic rings. The first-order chi connectivity index (χ1) is 8.87. The number of benzene rings is 1. The zero-order valence-electron chi connectivity index (χ0n) is 11.8. The van der Waals surface area contributed by atoms with Gasteiger partial charge in [-0.15, -0.1) is 0 Å². The van der Waals surface area contributed by atoms with Crippen LogP contribution in [0.1, 0.15) is 32.5 Å². The predicted octanol–water partition coefficient (Wildman–Crippen LogP) is 2.20. The smallest absolute Gasteiger partial charge is 0.140 e. The van der Waals surface area contributed by atoms with Crippen LogP contribution in [0.4, 0.5) is 0 Å². The van der Waals surface area contributed by atoms with Crippen molar-refractivity contribution in [2.45, 2.75) is 38.6 Å². The number of hydrogen-bond donors (Lipinski definition) is 1. The summed E-state index contributed by atoms with van der Waals surface area (Å²) in [6.45, 7) is 3.88. The minimum absolute atomic E-state index is 0.192. The number of hydrogen-bond acceptors (Lipinski definition) is 3. The van der Waals surface area contributed by atoms with E-state index < -0.39 is 0 Å². The van der Waals surface area contributed by atoms with Crippen LogP contribution in [-0.2, 0) is 18.3 Å². The lowest BCUT2D eigenvalue weighted by Crippen LogP contribution is -2.32. The molecule has 0 saturated carbocycles. The molecule has 0 aliphatic rings. The molecule has 0 aliphatic carbocycles. The third-order valence-electron chi connectivity index (χ3n) is 3.28. The maximum absolute atomic E-state index is 12.0. The van der Waals surface area contributed by atoms with Crippen LogP contribution in [0.15, 0.2) is 24.3 Å². The van der Waals surface area contributed by atoms with Crippen molar-refractivity contribution in [3.8, 4) is 0 Å². The molecule has 0 spiro atoms. The fraction of sp³-hybridized carbons (Fsp3) is 0.467. The van der Waals surface area contributed by atoms with Gasteiger partial charge in [0.15, 0.2) is 0 Å². The van der Waals surface area contributed by atoms with Gasteiger partial charge in [0, 0.05) is 19.0 Å². The summed E-state index contributed by atoms with van der Waals surface area (Å²) >= 11 is 0. The molecule has 0 unspecified atom stereocenters. The fourth-order valence-electron chi connectivity index (χ4n) is 2.08. The van der Waals surface area contributed by atoms with E-state index in [-0.39, 0.29) is 11.3 Å². The lowest BCUT2D eigenvalue weighted by atomic mass is 9.97. The molecule has 0 radical (unpaired) electrons. The van der Waals surface area contributed by atoms with Crippen molar-refractivity contribution >= 4 is 16.8 Å². The normalized spacial score (nSPS) is 12.0. The quantitative estimate of drug-likeness (QED) is 0.895. The second-order valence-electron chi connectivity index (χ2n) is 5.78. The Morgan fingerprint density at radius 3 is 2.68 bits per heavy atom. The van der Waals surface area contributed by atoms with Gasteiger partial charge in [0.2, 0.25) is 0 Å². The molecule has 102 valence electrons. The van der Waals surface area contributed by atoms with E-state index >= 15 is 0 Å². The fourth-order valence-corrected chi connectivity index (χ4v) is 2.08. The van der Waals surface area contributed by atoms with Crippen molar-refractivity contribution in [2.24, 2.45) is 12.8 Å². The number of aryl methyl sites for hydroxylation is 1. The topological polar surface area (TPSA) is 60.9 Å². The summed E-state index contributed by atoms with van der Waals surface area (Å²) in [6, 6.07) is 7.91. The number of para-hydroxylation sites is 2. The molecule has 1 aromatic heterocycles. The molecule has 2 rings (SSSR count). The van der Waals surface area contributed by atoms with Gasteiger partial charge in [-0.3, -0.25) is 4.79 Å². The first-order valence-corrected chi connectivity index (χ1v) is 6.58. The number of fused-ring (bicyclic) bond motifs is 1. The number of Topliss-reactive ketones (excluding diaryl/α,β-unsaturated/α-hetero) is 1. The average molecular weight is 259 g/mol. The second-order valence-corrected chi connectivity index (χ2v) is 5.78. The second kappa shape index (κ2) is 5.13. The molecular formula is C15H21N3O. The van der Waals surface area contributed by atoms with Crippen molar-refractivity contribution in [3.05, 3.63) is 30.1 Å². The number of rotatable bonds is 5. The standard InChI is InChI=1S/C15H21N3O/c1-15(2,16)9-8-11(19)10-14-17-12-6-4-5-7-13(12)18(14)3/h4-7H,8-10,16H2,1-3H3. The summed E-state index contributed by atoms with van der Waals surface area (Å²) in [7, 11) is 1.95. The van der Waals surface area contributed by atoms with E-state index in [0.717, 1.165) is 16.9 Å². The molecule has 2 N–H and O–H groups in total. The van der Waals surface area contributed by atoms with Crippen molar-refractivity contribution in [1.29, 1.82) is 0 Å². The molecule has 1 aromatic carbocycles. The van der Waals surface area contributed by atoms with Crippen molar-refractivity contribution in [2.75, 3.05) is 0 Å². The lowest BCUT2D eigenvalue weighted by Gasteiger charge is -2.17. The van der Waals surface area contributed by atoms with Crippen molar-refractivity contribution < 1.29 is 4.79 Å². The SMILES string of the molecule is Cn1c(CC(=O)CCC(C)(C)N)nc2ccccc21. The van der Waals surface area contributed by atoms with Gasteiger partial charge in [-0.1, -0.05) is 12.1 Å². The summed E-state index contributed by atoms with van der Waals surface area (Å²) in [6.07, 6.45) is 1.59. The first kappa shape index (κ1) is 13.7. The Balaban J connectivity index is 2.09. The number of nitrogens with zero attached hydrogens (tertiary/aromatic N) is 2. The summed E-state index contributed by atoms with van der Waals surface area (Å²) in [5.74, 6) is 1.01. The molecule has 19 heavy (non-hydrogen) atoms. The summed E-state index contributed by atoms with van der Waals surface area (Å²) in [5.41, 5.74) is 7.60. The third kappa shape index (κ3) is 3.41. The number of nitrogens with two attached hydrogens (primary N) is 1. The van der Waals surface area contributed by atoms with Crippen LogP contribution >= 0.6 is 0 Å². The molecule has 0 saturated heterocycles. The van der Waals surface area contributed by atoms with Gasteiger partial charge in [-0.25, -0.2) is 4.98 Å². The molecule has 0 amide bonds. The highest BCUT2D eigenvalue weighted by atomic mass is 16.1. The Morgan fingerprint density at radius 2 is 2.05 bits per heavy atom. The average Bonchev–Trinajstić information content (AvgIpc) is 2.64. The summed E-state index contributed by atoms with van der Waals surface area (Å²) in [4.78, 5) is 16.5. The Kier molecular flexibility index (Phi) is 3.71. The highest BCUT2D eigenvalue weighted by Gasteiger charge is 2.15. The largest absolute Gasteiger partial charge is 0.331 e. The molecular weight excluding hydrogens is 238 g/mol. The highest BCUT2D eigenvalue weighted by Crippen LogP contribution is 2.16. The number of carbonyl (C=O) groups is 1. The van der Waals surface area contributed by atoms with Gasteiger partial charge in [0.05, 0.1) is 17.5 Å². The van der Waals surface area contributed by atoms with E-state index in [1.807, 2.05) is 49.7 Å². The molecule has 0 aliphatic heterocycles. The number of aromatic nitrogens is 2. The zero-order chi connectivity index (χ0) is 14.0. The molecule has 0 bridgehead atoms. The van der Waals surface area contributed by atoms with Crippen LogP contribution in [0.5, 0.6) is 0 Å². The van der Waals surface area contributed by atoms with E-state index in [1.54, 1.807) is 0 Å². The monoisotopic (exact) mass is 259 g/mol. The Hall–Kier alpha value is -1.68. The van der Waals surface area contributed by atoms with Crippen LogP contribution in [0.2, 0.25) is 0 Å². The van der Waals surface area contributed by atoms with E-state index in [1.165, 1.54) is 0 Å². The number of carbonyl (C=O) groups excluding carboxylic acids is 1. The van der Waals surface area contributed by atoms with Crippen molar-refractivity contribution in [1.82, 2.24) is 9.55 Å². The van der Waals surface area contributed by atoms with Crippen LogP contribution in [0, 0.1) is 0 Å². The van der Waals surface area contributed by atoms with Crippen LogP contribution in [0.3, 0.4) is 0 Å². The minimum atomic E-state index is -0.290. The Morgan fingerprint density at radius 1 is 1.37 bits per heavy atom. The molecule has 4 nitrogen and oxygen atoms in total. The first-order valence-electron chi connectivity index (χ1n) is 6.58. The van der Waals surface area contributed by atoms with Gasteiger partial charge in [-0.2, -0.15) is 0 Å². The highest BCUT2D eigenvalue weighted by molar-refractivity contribution is 5.82. The van der Waals surface area contributed by atoms with Gasteiger partial charge in [-0.05, 0) is 32.4 Å². The van der Waals surface area contributed by atoms with Gasteiger partial charge in [0.25, 0.3) is 0 Å². The van der Waals surface area contributed by atoms with Gasteiger partial charge < -0.3 is 10.3 Å². The zero-order valence-corrected chi connectivity index (χ0v) is 11.8. The summed E-state index contributed by atoms with van der Waals surface area (Å²) in [5, 5.41) is 0. The molecule has 0 atom stereocenters. The number of imidazole rings is 1. The van der Waals surface area contributed by atoms with E-state index in [4.69, 9.17) is 5.73 Å². The maximum atomic E-state index is 12.0. The van der Waals surface area contributed by atoms with Crippen LogP contribution < -0.4 is 5.73 Å². The van der Waals surface area contributed by atoms with Crippen LogP contribution in [-0.4, -0.2) is 20.9 Å². The molecule has 0 fully saturated rings. The number of ketones is 1. The molecule has 1 heterocycles. The van der Waals surface area contributed by atoms with Gasteiger partial charge >= 0.3 is 0 Å². The molecule has 4 heteroatoms. The van der Waals surface area contributed by atoms with E-state index in [9.17, 15) is 4.79 Å². The summed E-state index contributed by atoms with van der Waals surface area (Å²) < 4.78 is 1.99. The van der Waals surface area contributed by atoms with E-state index in [0.29, 0.717) is 19.3 Å². The minimum Gasteiger partial charge on any atom is -0.331 e. The lowest BCUT2D eigenvalue weighted by molar-refractivity contribution is -0.118. The predicted molar refractivity (Wildman–Crippen MR) is 76.9 cm³/mol. The third-order valence-corrected chi connectivity index (χ3v) is 3.28. The maximum Gasteiger partial charge on any atom is 0.140 e. The Labute approximate surface area is 113 Å². The van der Waals surface area contributed by atoms with Crippen LogP contribution in [0.25, 0.3) is 11.0 Å². The van der Waals surface area contributed by atoms with E-state index in [2.05, 4.69) is 4.98 Å². The Bertz CT molecular complexity index is 593.